The largest absolute Gasteiger partial charge is 0.480 e. The summed E-state index contributed by atoms with van der Waals surface area (Å²) in [5.41, 5.74) is 0. The summed E-state index contributed by atoms with van der Waals surface area (Å²) in [6.45, 7) is 0.666. The standard InChI is InChI=1S/C12H12ClNO4S/c13-10-3-1-8(19-10)2-4-11(15)14-5-6-18-7-9(14)12(16)17/h1-4,9H,5-7H2,(H,16,17)/b4-2+/t9-/m1/s1. The molecule has 1 atom stereocenters. The number of carboxylic acid groups (broad SMARTS) is 1. The number of aliphatic carboxylic acids is 1. The first-order valence-corrected chi connectivity index (χ1v) is 6.82. The van der Waals surface area contributed by atoms with E-state index in [1.807, 2.05) is 0 Å². The van der Waals surface area contributed by atoms with Crippen LogP contribution in [0.3, 0.4) is 0 Å². The number of ether oxygens (including phenoxy) is 1. The number of hydrogen-bond acceptors (Lipinski definition) is 4. The predicted molar refractivity (Wildman–Crippen MR) is 72.3 cm³/mol. The lowest BCUT2D eigenvalue weighted by atomic mass is 10.2. The fraction of sp³-hybridized carbons (Fsp3) is 0.333. The fourth-order valence-corrected chi connectivity index (χ4v) is 2.70. The molecule has 0 bridgehead atoms. The van der Waals surface area contributed by atoms with E-state index in [4.69, 9.17) is 21.4 Å². The predicted octanol–water partition coefficient (Wildman–Crippen LogP) is 1.73. The van der Waals surface area contributed by atoms with Gasteiger partial charge in [0.1, 0.15) is 0 Å². The van der Waals surface area contributed by atoms with Crippen molar-refractivity contribution in [2.24, 2.45) is 0 Å². The number of rotatable bonds is 3. The second kappa shape index (κ2) is 6.18. The van der Waals surface area contributed by atoms with Crippen LogP contribution in [0.1, 0.15) is 4.88 Å². The minimum Gasteiger partial charge on any atom is -0.480 e. The Labute approximate surface area is 119 Å². The monoisotopic (exact) mass is 301 g/mol. The van der Waals surface area contributed by atoms with E-state index < -0.39 is 12.0 Å². The van der Waals surface area contributed by atoms with Gasteiger partial charge < -0.3 is 14.7 Å². The summed E-state index contributed by atoms with van der Waals surface area (Å²) in [7, 11) is 0. The van der Waals surface area contributed by atoms with Gasteiger partial charge >= 0.3 is 5.97 Å². The number of hydrogen-bond donors (Lipinski definition) is 1. The lowest BCUT2D eigenvalue weighted by Gasteiger charge is -2.31. The fourth-order valence-electron chi connectivity index (χ4n) is 1.74. The molecular formula is C12H12ClNO4S. The van der Waals surface area contributed by atoms with Gasteiger partial charge in [-0.2, -0.15) is 0 Å². The molecule has 1 aromatic heterocycles. The topological polar surface area (TPSA) is 66.8 Å². The molecule has 1 amide bonds. The van der Waals surface area contributed by atoms with Crippen LogP contribution < -0.4 is 0 Å². The SMILES string of the molecule is O=C(O)[C@H]1COCCN1C(=O)/C=C/c1ccc(Cl)s1. The van der Waals surface area contributed by atoms with Crippen molar-refractivity contribution in [3.05, 3.63) is 27.4 Å². The van der Waals surface area contributed by atoms with Crippen LogP contribution in [0, 0.1) is 0 Å². The number of amides is 1. The summed E-state index contributed by atoms with van der Waals surface area (Å²) >= 11 is 7.13. The highest BCUT2D eigenvalue weighted by molar-refractivity contribution is 7.17. The smallest absolute Gasteiger partial charge is 0.328 e. The molecule has 1 aliphatic rings. The summed E-state index contributed by atoms with van der Waals surface area (Å²) in [5.74, 6) is -1.39. The number of thiophene rings is 1. The Bertz CT molecular complexity index is 514. The molecule has 0 saturated carbocycles. The number of halogens is 1. The second-order valence-electron chi connectivity index (χ2n) is 3.94. The number of carbonyl (C=O) groups excluding carboxylic acids is 1. The lowest BCUT2D eigenvalue weighted by Crippen LogP contribution is -2.52. The molecule has 1 aliphatic heterocycles. The van der Waals surface area contributed by atoms with Crippen LogP contribution in [0.2, 0.25) is 4.34 Å². The average Bonchev–Trinajstić information content (AvgIpc) is 2.81. The summed E-state index contributed by atoms with van der Waals surface area (Å²) in [5, 5.41) is 9.03. The Balaban J connectivity index is 2.05. The van der Waals surface area contributed by atoms with Crippen molar-refractivity contribution < 1.29 is 19.4 Å². The van der Waals surface area contributed by atoms with E-state index in [1.165, 1.54) is 22.3 Å². The first-order valence-electron chi connectivity index (χ1n) is 5.62. The van der Waals surface area contributed by atoms with Gasteiger partial charge in [0.05, 0.1) is 17.6 Å². The van der Waals surface area contributed by atoms with E-state index in [0.29, 0.717) is 10.9 Å². The van der Waals surface area contributed by atoms with Crippen LogP contribution in [0.5, 0.6) is 0 Å². The van der Waals surface area contributed by atoms with Gasteiger partial charge in [-0.15, -0.1) is 11.3 Å². The van der Waals surface area contributed by atoms with E-state index in [9.17, 15) is 9.59 Å². The molecule has 0 aliphatic carbocycles. The summed E-state index contributed by atoms with van der Waals surface area (Å²) in [6, 6.07) is 2.62. The molecule has 2 rings (SSSR count). The van der Waals surface area contributed by atoms with E-state index in [1.54, 1.807) is 18.2 Å². The maximum atomic E-state index is 12.0. The molecule has 1 fully saturated rings. The van der Waals surface area contributed by atoms with Crippen LogP contribution in [0.25, 0.3) is 6.08 Å². The number of carboxylic acids is 1. The van der Waals surface area contributed by atoms with Crippen molar-refractivity contribution in [3.8, 4) is 0 Å². The molecule has 0 aromatic carbocycles. The molecule has 0 spiro atoms. The molecule has 0 unspecified atom stereocenters. The average molecular weight is 302 g/mol. The zero-order valence-corrected chi connectivity index (χ0v) is 11.5. The third-order valence-corrected chi connectivity index (χ3v) is 3.88. The highest BCUT2D eigenvalue weighted by Gasteiger charge is 2.31. The maximum absolute atomic E-state index is 12.0. The van der Waals surface area contributed by atoms with Gasteiger partial charge in [-0.1, -0.05) is 11.6 Å². The maximum Gasteiger partial charge on any atom is 0.328 e. The third kappa shape index (κ3) is 3.56. The first-order chi connectivity index (χ1) is 9.08. The zero-order valence-electron chi connectivity index (χ0n) is 9.91. The van der Waals surface area contributed by atoms with Crippen LogP contribution in [-0.2, 0) is 14.3 Å². The van der Waals surface area contributed by atoms with Gasteiger partial charge in [0.15, 0.2) is 6.04 Å². The van der Waals surface area contributed by atoms with Crippen LogP contribution in [-0.4, -0.2) is 47.7 Å². The lowest BCUT2D eigenvalue weighted by molar-refractivity contribution is -0.156. The van der Waals surface area contributed by atoms with Gasteiger partial charge in [0.2, 0.25) is 5.91 Å². The Morgan fingerprint density at radius 2 is 2.32 bits per heavy atom. The molecule has 5 nitrogen and oxygen atoms in total. The zero-order chi connectivity index (χ0) is 13.8. The molecule has 102 valence electrons. The summed E-state index contributed by atoms with van der Waals surface area (Å²) in [4.78, 5) is 25.2. The van der Waals surface area contributed by atoms with E-state index in [0.717, 1.165) is 4.88 Å². The highest BCUT2D eigenvalue weighted by Crippen LogP contribution is 2.22. The Kier molecular flexibility index (Phi) is 4.57. The Morgan fingerprint density at radius 3 is 2.95 bits per heavy atom. The molecular weight excluding hydrogens is 290 g/mol. The van der Waals surface area contributed by atoms with Crippen molar-refractivity contribution in [2.45, 2.75) is 6.04 Å². The van der Waals surface area contributed by atoms with E-state index >= 15 is 0 Å². The van der Waals surface area contributed by atoms with Crippen LogP contribution >= 0.6 is 22.9 Å². The molecule has 7 heteroatoms. The number of carbonyl (C=O) groups is 2. The van der Waals surface area contributed by atoms with Gasteiger partial charge in [-0.05, 0) is 18.2 Å². The molecule has 1 N–H and O–H groups in total. The van der Waals surface area contributed by atoms with Crippen molar-refractivity contribution >= 4 is 40.9 Å². The van der Waals surface area contributed by atoms with E-state index in [-0.39, 0.29) is 19.1 Å². The van der Waals surface area contributed by atoms with Crippen LogP contribution in [0.4, 0.5) is 0 Å². The molecule has 0 radical (unpaired) electrons. The Morgan fingerprint density at radius 1 is 1.53 bits per heavy atom. The summed E-state index contributed by atoms with van der Waals surface area (Å²) in [6.07, 6.45) is 3.00. The number of morpholine rings is 1. The van der Waals surface area contributed by atoms with E-state index in [2.05, 4.69) is 0 Å². The van der Waals surface area contributed by atoms with Gasteiger partial charge in [-0.25, -0.2) is 4.79 Å². The molecule has 2 heterocycles. The third-order valence-electron chi connectivity index (χ3n) is 2.68. The van der Waals surface area contributed by atoms with Crippen LogP contribution in [0.15, 0.2) is 18.2 Å². The minimum absolute atomic E-state index is 0.0275. The minimum atomic E-state index is -1.05. The van der Waals surface area contributed by atoms with Gasteiger partial charge in [0.25, 0.3) is 0 Å². The molecule has 19 heavy (non-hydrogen) atoms. The highest BCUT2D eigenvalue weighted by atomic mass is 35.5. The first kappa shape index (κ1) is 14.0. The van der Waals surface area contributed by atoms with Crippen molar-refractivity contribution in [1.82, 2.24) is 4.90 Å². The Hall–Kier alpha value is -1.37. The normalized spacial score (nSPS) is 19.8. The second-order valence-corrected chi connectivity index (χ2v) is 5.68. The van der Waals surface area contributed by atoms with Crippen molar-refractivity contribution in [3.63, 3.8) is 0 Å². The quantitative estimate of drug-likeness (QED) is 0.863. The van der Waals surface area contributed by atoms with Crippen molar-refractivity contribution in [2.75, 3.05) is 19.8 Å². The molecule has 1 saturated heterocycles. The summed E-state index contributed by atoms with van der Waals surface area (Å²) < 4.78 is 5.72. The van der Waals surface area contributed by atoms with Gasteiger partial charge in [-0.3, -0.25) is 4.79 Å². The van der Waals surface area contributed by atoms with Crippen molar-refractivity contribution in [1.29, 1.82) is 0 Å². The van der Waals surface area contributed by atoms with Gasteiger partial charge in [0, 0.05) is 17.5 Å². The molecule has 1 aromatic rings. The number of nitrogens with zero attached hydrogens (tertiary/aromatic N) is 1.